The molecule has 0 heterocycles. The smallest absolute Gasteiger partial charge is 0.0514 e. The van der Waals surface area contributed by atoms with Crippen LogP contribution in [0.15, 0.2) is 114 Å². The maximum absolute atomic E-state index is 5.12. The number of fused-ring (bicyclic) bond motifs is 5. The number of aryl methyl sites for hydroxylation is 2. The van der Waals surface area contributed by atoms with E-state index in [-0.39, 0.29) is 43.3 Å². The summed E-state index contributed by atoms with van der Waals surface area (Å²) in [5, 5.41) is 0. The van der Waals surface area contributed by atoms with E-state index in [0.717, 1.165) is 25.0 Å². The normalized spacial score (nSPS) is 21.5. The van der Waals surface area contributed by atoms with E-state index < -0.39 is 0 Å². The maximum Gasteiger partial charge on any atom is 0.0514 e. The number of allylic oxidation sites excluding steroid dienone is 4. The Bertz CT molecular complexity index is 3140. The average molecular weight is 974 g/mol. The Morgan fingerprint density at radius 2 is 0.945 bits per heavy atom. The predicted molar refractivity (Wildman–Crippen MR) is 319 cm³/mol. The third kappa shape index (κ3) is 8.81. The fourth-order valence-electron chi connectivity index (χ4n) is 13.8. The molecule has 5 aromatic rings. The van der Waals surface area contributed by atoms with E-state index in [1.807, 2.05) is 0 Å². The fraction of sp³-hybridized carbons (Fsp3) is 0.493. The fourth-order valence-corrected chi connectivity index (χ4v) is 13.8. The summed E-state index contributed by atoms with van der Waals surface area (Å²) in [6, 6.07) is 32.1. The van der Waals surface area contributed by atoms with Crippen LogP contribution in [-0.2, 0) is 32.5 Å². The SMILES string of the molecule is C=C(/C=C1\C(=C/C)C(C)(C)CCC1(C)C)N(c1ccc2c(c1)C(C)(C)CCC2(C)C)c1cc(C)cc(N(c2ccc3c(c2)C(C)(C)c2cc(C(C)(C)C)ccc2-3)c2cc3c(cc2C)C(C)(C)CCC3(C)C)c1C. The molecule has 5 aromatic carbocycles. The van der Waals surface area contributed by atoms with Gasteiger partial charge in [0.05, 0.1) is 11.4 Å². The third-order valence-corrected chi connectivity index (χ3v) is 19.3. The van der Waals surface area contributed by atoms with Crippen molar-refractivity contribution < 1.29 is 0 Å². The number of anilines is 5. The molecule has 0 unspecified atom stereocenters. The molecule has 9 rings (SSSR count). The van der Waals surface area contributed by atoms with Crippen molar-refractivity contribution in [1.29, 1.82) is 0 Å². The molecule has 0 spiro atoms. The second-order valence-electron chi connectivity index (χ2n) is 28.9. The van der Waals surface area contributed by atoms with Gasteiger partial charge in [-0.15, -0.1) is 0 Å². The Labute approximate surface area is 444 Å². The van der Waals surface area contributed by atoms with Crippen molar-refractivity contribution in [3.05, 3.63) is 170 Å². The Kier molecular flexibility index (Phi) is 12.5. The topological polar surface area (TPSA) is 6.48 Å². The van der Waals surface area contributed by atoms with Crippen LogP contribution in [0.4, 0.5) is 28.4 Å². The second kappa shape index (κ2) is 17.2. The molecule has 4 aliphatic carbocycles. The highest BCUT2D eigenvalue weighted by Gasteiger charge is 2.43. The Hall–Kier alpha value is -5.08. The summed E-state index contributed by atoms with van der Waals surface area (Å²) < 4.78 is 0. The Balaban J connectivity index is 1.32. The lowest BCUT2D eigenvalue weighted by molar-refractivity contribution is 0.259. The van der Waals surface area contributed by atoms with Crippen LogP contribution in [0.25, 0.3) is 11.1 Å². The molecule has 0 bridgehead atoms. The van der Waals surface area contributed by atoms with Gasteiger partial charge < -0.3 is 9.80 Å². The number of hydrogen-bond acceptors (Lipinski definition) is 2. The average Bonchev–Trinajstić information content (AvgIpc) is 3.52. The monoisotopic (exact) mass is 973 g/mol. The van der Waals surface area contributed by atoms with Crippen LogP contribution >= 0.6 is 0 Å². The zero-order valence-corrected chi connectivity index (χ0v) is 49.5. The minimum absolute atomic E-state index is 0.000908. The molecule has 2 nitrogen and oxygen atoms in total. The van der Waals surface area contributed by atoms with Gasteiger partial charge >= 0.3 is 0 Å². The van der Waals surface area contributed by atoms with E-state index in [0.29, 0.717) is 0 Å². The van der Waals surface area contributed by atoms with Crippen molar-refractivity contribution in [2.24, 2.45) is 10.8 Å². The molecule has 1 fully saturated rings. The van der Waals surface area contributed by atoms with E-state index in [1.54, 1.807) is 0 Å². The van der Waals surface area contributed by atoms with Gasteiger partial charge in [-0.1, -0.05) is 167 Å². The molecule has 386 valence electrons. The first-order valence-electron chi connectivity index (χ1n) is 28.0. The minimum atomic E-state index is -0.179. The zero-order chi connectivity index (χ0) is 53.6. The Morgan fingerprint density at radius 1 is 0.479 bits per heavy atom. The lowest BCUT2D eigenvalue weighted by Crippen LogP contribution is -2.34. The summed E-state index contributed by atoms with van der Waals surface area (Å²) >= 11 is 0. The van der Waals surface area contributed by atoms with Crippen LogP contribution in [-0.4, -0.2) is 0 Å². The summed E-state index contributed by atoms with van der Waals surface area (Å²) in [6.45, 7) is 55.6. The van der Waals surface area contributed by atoms with Gasteiger partial charge in [-0.05, 0) is 231 Å². The van der Waals surface area contributed by atoms with Crippen LogP contribution in [0.3, 0.4) is 0 Å². The molecule has 1 saturated carbocycles. The Morgan fingerprint density at radius 3 is 1.52 bits per heavy atom. The lowest BCUT2D eigenvalue weighted by atomic mass is 9.60. The largest absolute Gasteiger partial charge is 0.311 e. The predicted octanol–water partition coefficient (Wildman–Crippen LogP) is 20.8. The van der Waals surface area contributed by atoms with Crippen molar-refractivity contribution in [2.45, 2.75) is 216 Å². The maximum atomic E-state index is 5.12. The molecular weight excluding hydrogens is 881 g/mol. The van der Waals surface area contributed by atoms with Gasteiger partial charge in [0.15, 0.2) is 0 Å². The molecule has 73 heavy (non-hydrogen) atoms. The van der Waals surface area contributed by atoms with Crippen molar-refractivity contribution in [1.82, 2.24) is 0 Å². The summed E-state index contributed by atoms with van der Waals surface area (Å²) in [5.41, 5.74) is 26.7. The zero-order valence-electron chi connectivity index (χ0n) is 49.5. The van der Waals surface area contributed by atoms with E-state index in [2.05, 4.69) is 246 Å². The highest BCUT2D eigenvalue weighted by atomic mass is 15.2. The van der Waals surface area contributed by atoms with Crippen LogP contribution in [0, 0.1) is 31.6 Å². The summed E-state index contributed by atoms with van der Waals surface area (Å²) in [6.07, 6.45) is 11.8. The molecule has 0 aromatic heterocycles. The highest BCUT2D eigenvalue weighted by molar-refractivity contribution is 5.90. The first-order valence-corrected chi connectivity index (χ1v) is 28.0. The van der Waals surface area contributed by atoms with Crippen molar-refractivity contribution in [2.75, 3.05) is 9.80 Å². The first-order chi connectivity index (χ1) is 33.6. The van der Waals surface area contributed by atoms with Crippen LogP contribution in [0.2, 0.25) is 0 Å². The van der Waals surface area contributed by atoms with Crippen LogP contribution in [0.5, 0.6) is 0 Å². The number of hydrogen-bond donors (Lipinski definition) is 0. The first kappa shape index (κ1) is 52.8. The summed E-state index contributed by atoms with van der Waals surface area (Å²) in [4.78, 5) is 5.17. The molecule has 2 heteroatoms. The summed E-state index contributed by atoms with van der Waals surface area (Å²) in [7, 11) is 0. The van der Waals surface area contributed by atoms with Gasteiger partial charge in [0.25, 0.3) is 0 Å². The lowest BCUT2D eigenvalue weighted by Gasteiger charge is -2.45. The highest BCUT2D eigenvalue weighted by Crippen LogP contribution is 2.57. The van der Waals surface area contributed by atoms with Gasteiger partial charge in [-0.25, -0.2) is 0 Å². The van der Waals surface area contributed by atoms with Gasteiger partial charge in [-0.3, -0.25) is 0 Å². The number of benzene rings is 5. The van der Waals surface area contributed by atoms with Crippen LogP contribution in [0.1, 0.15) is 219 Å². The number of rotatable bonds is 7. The molecular formula is C71H92N2. The van der Waals surface area contributed by atoms with Gasteiger partial charge in [0.1, 0.15) is 0 Å². The second-order valence-corrected chi connectivity index (χ2v) is 28.9. The van der Waals surface area contributed by atoms with E-state index in [4.69, 9.17) is 6.58 Å². The van der Waals surface area contributed by atoms with E-state index >= 15 is 0 Å². The molecule has 0 aliphatic heterocycles. The quantitative estimate of drug-likeness (QED) is 0.160. The molecule has 0 radical (unpaired) electrons. The standard InChI is InChI=1S/C71H92N2/c1-23-53-58(68(15,16)32-30-65(53,9)10)39-46(4)72(49-26-29-54-59(42-49)69(17,18)33-31-66(54,11)12)62-36-44(2)37-63(47(62)5)73(61-43-60-57(38-45(61)3)67(13,14)34-35-70(60,19)20)50-25-28-52-51-27-24-48(64(6,7)8)40-55(51)71(21,22)56(52)41-50/h23-29,36-43H,4,30-35H2,1-3,5-22H3/b53-23+,58-39+. The van der Waals surface area contributed by atoms with Gasteiger partial charge in [0.2, 0.25) is 0 Å². The molecule has 0 amide bonds. The minimum Gasteiger partial charge on any atom is -0.311 e. The van der Waals surface area contributed by atoms with Crippen molar-refractivity contribution in [3.8, 4) is 11.1 Å². The molecule has 0 N–H and O–H groups in total. The third-order valence-electron chi connectivity index (χ3n) is 19.3. The van der Waals surface area contributed by atoms with Crippen molar-refractivity contribution in [3.63, 3.8) is 0 Å². The molecule has 0 saturated heterocycles. The van der Waals surface area contributed by atoms with Gasteiger partial charge in [0, 0.05) is 28.2 Å². The van der Waals surface area contributed by atoms with Crippen LogP contribution < -0.4 is 9.80 Å². The molecule has 4 aliphatic rings. The molecule has 0 atom stereocenters. The van der Waals surface area contributed by atoms with E-state index in [1.165, 1.54) is 126 Å². The summed E-state index contributed by atoms with van der Waals surface area (Å²) in [5.74, 6) is 0. The number of nitrogens with zero attached hydrogens (tertiary/aromatic N) is 2. The van der Waals surface area contributed by atoms with Gasteiger partial charge in [-0.2, -0.15) is 0 Å². The van der Waals surface area contributed by atoms with Crippen molar-refractivity contribution >= 4 is 28.4 Å². The van der Waals surface area contributed by atoms with E-state index in [9.17, 15) is 0 Å².